The smallest absolute Gasteiger partial charge is 0.255 e. The van der Waals surface area contributed by atoms with Gasteiger partial charge in [0.15, 0.2) is 5.89 Å². The van der Waals surface area contributed by atoms with Crippen LogP contribution in [0.3, 0.4) is 0 Å². The Labute approximate surface area is 133 Å². The van der Waals surface area contributed by atoms with Gasteiger partial charge < -0.3 is 19.8 Å². The summed E-state index contributed by atoms with van der Waals surface area (Å²) in [5, 5.41) is 0. The summed E-state index contributed by atoms with van der Waals surface area (Å²) < 4.78 is 11.3. The highest BCUT2D eigenvalue weighted by molar-refractivity contribution is 5.94. The lowest BCUT2D eigenvalue weighted by Crippen LogP contribution is -2.35. The molecule has 0 spiro atoms. The predicted molar refractivity (Wildman–Crippen MR) is 81.8 cm³/mol. The summed E-state index contributed by atoms with van der Waals surface area (Å²) in [5.74, 6) is 2.23. The highest BCUT2D eigenvalue weighted by Gasteiger charge is 2.29. The van der Waals surface area contributed by atoms with E-state index < -0.39 is 0 Å². The molecule has 0 aromatic carbocycles. The van der Waals surface area contributed by atoms with Gasteiger partial charge in [-0.05, 0) is 18.6 Å². The van der Waals surface area contributed by atoms with E-state index in [-0.39, 0.29) is 11.8 Å². The predicted octanol–water partition coefficient (Wildman–Crippen LogP) is 1.35. The highest BCUT2D eigenvalue weighted by Crippen LogP contribution is 2.29. The van der Waals surface area contributed by atoms with Gasteiger partial charge in [-0.25, -0.2) is 9.97 Å². The molecule has 4 rings (SSSR count). The number of hydrogen-bond donors (Lipinski definition) is 1. The molecule has 1 amide bonds. The maximum atomic E-state index is 12.6. The minimum absolute atomic E-state index is 0.0584. The minimum Gasteiger partial charge on any atom is -0.445 e. The van der Waals surface area contributed by atoms with Crippen LogP contribution in [0.4, 0.5) is 5.82 Å². The van der Waals surface area contributed by atoms with Crippen LogP contribution in [-0.4, -0.2) is 40.5 Å². The number of ether oxygens (including phenoxy) is 1. The first-order valence-electron chi connectivity index (χ1n) is 7.78. The van der Waals surface area contributed by atoms with E-state index in [0.717, 1.165) is 30.4 Å². The van der Waals surface area contributed by atoms with Crippen LogP contribution in [0.2, 0.25) is 0 Å². The molecule has 0 aliphatic carbocycles. The molecule has 2 aromatic heterocycles. The lowest BCUT2D eigenvalue weighted by Gasteiger charge is -2.25. The van der Waals surface area contributed by atoms with E-state index in [1.165, 1.54) is 6.20 Å². The van der Waals surface area contributed by atoms with Crippen molar-refractivity contribution in [2.45, 2.75) is 25.3 Å². The molecule has 0 radical (unpaired) electrons. The SMILES string of the molecule is Nc1ccc(C(=O)N2CCc3oc(C4CCOC4)nc3C2)cn1. The second kappa shape index (κ2) is 5.66. The third kappa shape index (κ3) is 2.68. The molecule has 1 atom stereocenters. The molecule has 4 heterocycles. The van der Waals surface area contributed by atoms with Crippen molar-refractivity contribution in [3.05, 3.63) is 41.2 Å². The molecule has 0 saturated carbocycles. The van der Waals surface area contributed by atoms with Crippen molar-refractivity contribution in [1.29, 1.82) is 0 Å². The average Bonchev–Trinajstić information content (AvgIpc) is 3.23. The second-order valence-electron chi connectivity index (χ2n) is 5.93. The van der Waals surface area contributed by atoms with Crippen LogP contribution in [0.15, 0.2) is 22.7 Å². The Morgan fingerprint density at radius 3 is 3.04 bits per heavy atom. The number of anilines is 1. The number of aromatic nitrogens is 2. The first-order valence-corrected chi connectivity index (χ1v) is 7.78. The van der Waals surface area contributed by atoms with Gasteiger partial charge in [-0.3, -0.25) is 4.79 Å². The zero-order chi connectivity index (χ0) is 15.8. The van der Waals surface area contributed by atoms with Gasteiger partial charge in [0.1, 0.15) is 17.3 Å². The highest BCUT2D eigenvalue weighted by atomic mass is 16.5. The van der Waals surface area contributed by atoms with E-state index in [4.69, 9.17) is 14.9 Å². The Hall–Kier alpha value is -2.41. The molecule has 1 unspecified atom stereocenters. The Morgan fingerprint density at radius 1 is 1.39 bits per heavy atom. The fourth-order valence-corrected chi connectivity index (χ4v) is 3.01. The first kappa shape index (κ1) is 14.2. The van der Waals surface area contributed by atoms with Crippen LogP contribution < -0.4 is 5.73 Å². The average molecular weight is 314 g/mol. The molecule has 2 aromatic rings. The van der Waals surface area contributed by atoms with Crippen LogP contribution in [0.5, 0.6) is 0 Å². The van der Waals surface area contributed by atoms with Gasteiger partial charge in [-0.15, -0.1) is 0 Å². The zero-order valence-electron chi connectivity index (χ0n) is 12.7. The van der Waals surface area contributed by atoms with Crippen LogP contribution in [0.25, 0.3) is 0 Å². The standard InChI is InChI=1S/C16H18N4O3/c17-14-2-1-10(7-18-14)16(21)20-5-3-13-12(8-20)19-15(23-13)11-4-6-22-9-11/h1-2,7,11H,3-6,8-9H2,(H2,17,18). The maximum Gasteiger partial charge on any atom is 0.255 e. The van der Waals surface area contributed by atoms with Gasteiger partial charge >= 0.3 is 0 Å². The molecule has 2 aliphatic rings. The third-order valence-corrected chi connectivity index (χ3v) is 4.34. The molecule has 0 bridgehead atoms. The lowest BCUT2D eigenvalue weighted by atomic mass is 10.1. The number of carbonyl (C=O) groups is 1. The Balaban J connectivity index is 1.51. The fraction of sp³-hybridized carbons (Fsp3) is 0.438. The number of rotatable bonds is 2. The van der Waals surface area contributed by atoms with Crippen molar-refractivity contribution in [3.63, 3.8) is 0 Å². The van der Waals surface area contributed by atoms with Crippen LogP contribution in [-0.2, 0) is 17.7 Å². The number of oxazole rings is 1. The Kier molecular flexibility index (Phi) is 3.49. The maximum absolute atomic E-state index is 12.6. The van der Waals surface area contributed by atoms with Gasteiger partial charge in [0.05, 0.1) is 24.6 Å². The third-order valence-electron chi connectivity index (χ3n) is 4.34. The van der Waals surface area contributed by atoms with Gasteiger partial charge in [0.25, 0.3) is 5.91 Å². The molecule has 7 nitrogen and oxygen atoms in total. The summed E-state index contributed by atoms with van der Waals surface area (Å²) >= 11 is 0. The van der Waals surface area contributed by atoms with E-state index in [0.29, 0.717) is 37.5 Å². The molecule has 2 aliphatic heterocycles. The number of nitrogens with zero attached hydrogens (tertiary/aromatic N) is 3. The van der Waals surface area contributed by atoms with E-state index in [9.17, 15) is 4.79 Å². The quantitative estimate of drug-likeness (QED) is 0.899. The van der Waals surface area contributed by atoms with E-state index in [1.807, 2.05) is 0 Å². The van der Waals surface area contributed by atoms with Crippen LogP contribution >= 0.6 is 0 Å². The second-order valence-corrected chi connectivity index (χ2v) is 5.93. The van der Waals surface area contributed by atoms with E-state index >= 15 is 0 Å². The number of nitrogen functional groups attached to an aromatic ring is 1. The molecule has 1 saturated heterocycles. The number of hydrogen-bond acceptors (Lipinski definition) is 6. The van der Waals surface area contributed by atoms with Crippen molar-refractivity contribution in [2.75, 3.05) is 25.5 Å². The Morgan fingerprint density at radius 2 is 2.30 bits per heavy atom. The minimum atomic E-state index is -0.0584. The molecule has 2 N–H and O–H groups in total. The molecule has 23 heavy (non-hydrogen) atoms. The number of nitrogens with two attached hydrogens (primary N) is 1. The molecular weight excluding hydrogens is 296 g/mol. The summed E-state index contributed by atoms with van der Waals surface area (Å²) in [6, 6.07) is 3.33. The van der Waals surface area contributed by atoms with Gasteiger partial charge in [-0.2, -0.15) is 0 Å². The number of pyridine rings is 1. The topological polar surface area (TPSA) is 94.5 Å². The summed E-state index contributed by atoms with van der Waals surface area (Å²) in [6.45, 7) is 2.51. The monoisotopic (exact) mass is 314 g/mol. The van der Waals surface area contributed by atoms with Crippen LogP contribution in [0, 0.1) is 0 Å². The first-order chi connectivity index (χ1) is 11.2. The number of amides is 1. The molecular formula is C16H18N4O3. The lowest BCUT2D eigenvalue weighted by molar-refractivity contribution is 0.0727. The molecule has 7 heteroatoms. The zero-order valence-corrected chi connectivity index (χ0v) is 12.7. The molecule has 120 valence electrons. The Bertz CT molecular complexity index is 719. The van der Waals surface area contributed by atoms with Gasteiger partial charge in [0, 0.05) is 25.8 Å². The van der Waals surface area contributed by atoms with E-state index in [1.54, 1.807) is 17.0 Å². The van der Waals surface area contributed by atoms with Crippen molar-refractivity contribution in [3.8, 4) is 0 Å². The molecule has 1 fully saturated rings. The van der Waals surface area contributed by atoms with Crippen molar-refractivity contribution < 1.29 is 13.9 Å². The number of carbonyl (C=O) groups excluding carboxylic acids is 1. The summed E-state index contributed by atoms with van der Waals surface area (Å²) in [7, 11) is 0. The van der Waals surface area contributed by atoms with Gasteiger partial charge in [0.2, 0.25) is 0 Å². The van der Waals surface area contributed by atoms with Crippen LogP contribution in [0.1, 0.15) is 40.0 Å². The summed E-state index contributed by atoms with van der Waals surface area (Å²) in [4.78, 5) is 22.9. The number of fused-ring (bicyclic) bond motifs is 1. The fourth-order valence-electron chi connectivity index (χ4n) is 3.01. The van der Waals surface area contributed by atoms with Crippen molar-refractivity contribution in [1.82, 2.24) is 14.9 Å². The van der Waals surface area contributed by atoms with Crippen molar-refractivity contribution in [2.24, 2.45) is 0 Å². The largest absolute Gasteiger partial charge is 0.445 e. The normalized spacial score (nSPS) is 20.5. The summed E-state index contributed by atoms with van der Waals surface area (Å²) in [5.41, 5.74) is 6.96. The van der Waals surface area contributed by atoms with Crippen molar-refractivity contribution >= 4 is 11.7 Å². The summed E-state index contributed by atoms with van der Waals surface area (Å²) in [6.07, 6.45) is 3.14. The van der Waals surface area contributed by atoms with Gasteiger partial charge in [-0.1, -0.05) is 0 Å². The van der Waals surface area contributed by atoms with E-state index in [2.05, 4.69) is 9.97 Å².